The first-order valence-corrected chi connectivity index (χ1v) is 74.9. The number of carboxylic acids is 1. The van der Waals surface area contributed by atoms with Gasteiger partial charge in [0.25, 0.3) is 0 Å². The zero-order valence-electron chi connectivity index (χ0n) is 93.8. The van der Waals surface area contributed by atoms with E-state index < -0.39 is 111 Å². The van der Waals surface area contributed by atoms with Gasteiger partial charge in [0.2, 0.25) is 0 Å². The average Bonchev–Trinajstić information content (AvgIpc) is 1.03. The summed E-state index contributed by atoms with van der Waals surface area (Å²) in [6, 6.07) is 1.40. The maximum absolute atomic E-state index is 12.2. The largest absolute Gasteiger partial charge is 1.00 e. The van der Waals surface area contributed by atoms with Crippen molar-refractivity contribution >= 4 is 125 Å². The second kappa shape index (κ2) is 71.3. The Morgan fingerprint density at radius 1 is 0.353 bits per heavy atom. The number of rotatable bonds is 56. The molecule has 0 bridgehead atoms. The van der Waals surface area contributed by atoms with Gasteiger partial charge in [-0.1, -0.05) is 149 Å². The number of carbonyl (C=O) groups excluding carboxylic acids is 8. The minimum absolute atomic E-state index is 0. The van der Waals surface area contributed by atoms with E-state index in [0.717, 1.165) is 64.6 Å². The number of hydrogen-bond donors (Lipinski definition) is 0. The number of carboxylic acid groups (broad SMARTS) is 1. The van der Waals surface area contributed by atoms with Crippen LogP contribution in [0.5, 0.6) is 0 Å². The second-order valence-corrected chi connectivity index (χ2v) is 79.9. The Morgan fingerprint density at radius 3 is 0.737 bits per heavy atom. The molecule has 38 heteroatoms. The number of carbonyl (C=O) groups is 8. The Hall–Kier alpha value is -0.279. The molecule has 0 amide bonds. The summed E-state index contributed by atoms with van der Waals surface area (Å²) in [5.74, 6) is -1.22. The van der Waals surface area contributed by atoms with E-state index in [9.17, 15) is 56.4 Å². The predicted molar refractivity (Wildman–Crippen MR) is 547 cm³/mol. The van der Waals surface area contributed by atoms with Crippen LogP contribution in [0.2, 0.25) is 130 Å². The third-order valence-electron chi connectivity index (χ3n) is 21.5. The summed E-state index contributed by atoms with van der Waals surface area (Å²) >= 11 is 0. The van der Waals surface area contributed by atoms with Crippen molar-refractivity contribution in [3.8, 4) is 0 Å². The van der Waals surface area contributed by atoms with Crippen LogP contribution in [0, 0.1) is 56.2 Å². The van der Waals surface area contributed by atoms with Gasteiger partial charge in [-0.3, -0.25) is 33.6 Å². The molecule has 2 fully saturated rings. The fourth-order valence-corrected chi connectivity index (χ4v) is 39.6. The molecular weight excluding hydrogens is 1890 g/mol. The van der Waals surface area contributed by atoms with Crippen molar-refractivity contribution in [2.75, 3.05) is 65.2 Å². The quantitative estimate of drug-likeness (QED) is 0.0136. The van der Waals surface area contributed by atoms with Crippen molar-refractivity contribution < 1.29 is 205 Å². The summed E-state index contributed by atoms with van der Waals surface area (Å²) in [5, 5.41) is 10.1. The van der Waals surface area contributed by atoms with Crippen molar-refractivity contribution in [2.24, 2.45) is 56.2 Å². The van der Waals surface area contributed by atoms with Crippen LogP contribution in [-0.2, 0) is 116 Å². The summed E-state index contributed by atoms with van der Waals surface area (Å²) < 4.78 is 117. The number of esters is 7. The fourth-order valence-electron chi connectivity index (χ4n) is 9.86. The summed E-state index contributed by atoms with van der Waals surface area (Å²) in [6.45, 7) is 93.8. The van der Waals surface area contributed by atoms with Gasteiger partial charge in [-0.2, -0.15) is 0 Å². The summed E-state index contributed by atoms with van der Waals surface area (Å²) in [5.41, 5.74) is -2.79. The van der Waals surface area contributed by atoms with E-state index in [4.69, 9.17) is 67.3 Å². The minimum atomic E-state index is -4.20. The van der Waals surface area contributed by atoms with E-state index in [-0.39, 0.29) is 171 Å². The van der Waals surface area contributed by atoms with Gasteiger partial charge in [-0.25, -0.2) is 8.42 Å². The van der Waals surface area contributed by atoms with E-state index in [1.54, 1.807) is 27.7 Å². The van der Waals surface area contributed by atoms with Crippen LogP contribution in [0.4, 0.5) is 0 Å². The molecular formula is C95H200KNaO27SSi8. The molecule has 27 nitrogen and oxygen atoms in total. The summed E-state index contributed by atoms with van der Waals surface area (Å²) in [6.07, 6.45) is 17.4. The van der Waals surface area contributed by atoms with E-state index in [1.165, 1.54) is 38.5 Å². The number of ether oxygens (including phenoxy) is 9. The molecule has 0 aromatic carbocycles. The first kappa shape index (κ1) is 148. The molecule has 0 N–H and O–H groups in total. The Bertz CT molecular complexity index is 3020. The molecule has 2 aliphatic heterocycles. The molecule has 0 aliphatic carbocycles. The maximum Gasteiger partial charge on any atom is 1.00 e. The van der Waals surface area contributed by atoms with Gasteiger partial charge in [-0.15, -0.1) is 0 Å². The normalized spacial score (nSPS) is 15.2. The van der Waals surface area contributed by atoms with Crippen LogP contribution in [-0.4, -0.2) is 206 Å². The molecule has 0 spiro atoms. The van der Waals surface area contributed by atoms with Crippen LogP contribution in [0.1, 0.15) is 302 Å². The number of epoxide rings is 2. The topological polar surface area (TPSA) is 362 Å². The van der Waals surface area contributed by atoms with Crippen LogP contribution < -0.4 is 86.0 Å². The molecule has 0 saturated carbocycles. The molecule has 2 rings (SSSR count). The van der Waals surface area contributed by atoms with Crippen LogP contribution in [0.25, 0.3) is 0 Å². The third kappa shape index (κ3) is 82.7. The van der Waals surface area contributed by atoms with Gasteiger partial charge in [0.05, 0.1) is 95.3 Å². The van der Waals surface area contributed by atoms with E-state index in [2.05, 4.69) is 146 Å². The SMILES string of the molecule is CCC(C)(C)C(=O)OCC1CO1.CCC(C)(C)C(=O)OCC1CO1.CCC(C)(C)C(=O)OCCCS(=O)(=O)[O-].CCC(C)(C)C(=O)OCCC[Si](O[Si](C)(C)C)(O[Si](C)(C)C)O[Si](C)(C)C.CCC(C)(C)C(=O)OCCC[Si](O[Si](C)(C)C)(O[Si](C)(C)C)O[Si](C)(C)C.CCC(C)(C)C(=O)[O-].CCCCC(CC)COC(=O)C(C)CC.CCCCC(CC)COC(=O)C(C)CC.[K+].[Na+]. The molecule has 133 heavy (non-hydrogen) atoms. The minimum Gasteiger partial charge on any atom is -0.748 e. The molecule has 6 unspecified atom stereocenters. The van der Waals surface area contributed by atoms with Gasteiger partial charge in [0.1, 0.15) is 25.4 Å². The standard InChI is InChI=1S/2C18H44O5Si4.2C13H26O2.C9H18O5S.2C9H16O3.C6H12O2.K.Na/c2*1-13-18(2,3)17(19)20-15-14-16-27(21-24(4,5)6,22-25(7,8)9)23-26(10,11)12;2*1-5-8-9-12(7-3)10-15-13(14)11(4)6-2;1-4-9(2,3)8(10)14-6-5-7-15(11,12)13;2*1-4-9(2,3)8(10)12-6-7-5-11-7;1-4-6(2,3)5(7)8;;/h2*13-16H2,1-12H3;2*11-12H,5-10H2,1-4H3;4-7H2,1-3H3,(H,11,12,13);2*7H,4-6H2,1-3H3;4H2,1-3H3,(H,7,8);;/q;;;;;;;;2*+1/p-2. The molecule has 2 heterocycles. The Balaban J connectivity index is -0.000000229. The zero-order valence-corrected chi connectivity index (χ0v) is 108. The van der Waals surface area contributed by atoms with Crippen LogP contribution in [0.3, 0.4) is 0 Å². The Labute approximate surface area is 886 Å². The first-order valence-electron chi connectivity index (χ1n) is 49.0. The molecule has 782 valence electrons. The van der Waals surface area contributed by atoms with E-state index in [1.807, 2.05) is 125 Å². The van der Waals surface area contributed by atoms with Gasteiger partial charge in [0.15, 0.2) is 49.9 Å². The second-order valence-electron chi connectivity index (χ2n) is 44.4. The molecule has 0 radical (unpaired) electrons. The van der Waals surface area contributed by atoms with Crippen molar-refractivity contribution in [3.63, 3.8) is 0 Å². The summed E-state index contributed by atoms with van der Waals surface area (Å²) in [7, 11) is -21.0. The van der Waals surface area contributed by atoms with E-state index in [0.29, 0.717) is 89.2 Å². The Morgan fingerprint density at radius 2 is 0.571 bits per heavy atom. The van der Waals surface area contributed by atoms with Crippen molar-refractivity contribution in [2.45, 2.75) is 444 Å². The number of unbranched alkanes of at least 4 members (excludes halogenated alkanes) is 2. The molecule has 0 aromatic rings. The van der Waals surface area contributed by atoms with Gasteiger partial charge in [0, 0.05) is 29.2 Å². The smallest absolute Gasteiger partial charge is 0.748 e. The van der Waals surface area contributed by atoms with Crippen molar-refractivity contribution in [1.82, 2.24) is 0 Å². The van der Waals surface area contributed by atoms with Crippen LogP contribution in [0.15, 0.2) is 0 Å². The summed E-state index contributed by atoms with van der Waals surface area (Å²) in [4.78, 5) is 91.5. The molecule has 6 atom stereocenters. The average molecular weight is 2090 g/mol. The van der Waals surface area contributed by atoms with Gasteiger partial charge in [-0.05, 0) is 282 Å². The fraction of sp³-hybridized carbons (Fsp3) is 0.916. The zero-order chi connectivity index (χ0) is 104. The number of hydrogen-bond acceptors (Lipinski definition) is 27. The predicted octanol–water partition coefficient (Wildman–Crippen LogP) is 17.1. The number of aliphatic carboxylic acids is 1. The first-order chi connectivity index (χ1) is 59.2. The van der Waals surface area contributed by atoms with Gasteiger partial charge >= 0.3 is 140 Å². The van der Waals surface area contributed by atoms with Crippen molar-refractivity contribution in [1.29, 1.82) is 0 Å². The Kier molecular flexibility index (Phi) is 79.3. The van der Waals surface area contributed by atoms with Crippen LogP contribution >= 0.6 is 0 Å². The van der Waals surface area contributed by atoms with Gasteiger partial charge < -0.3 is 81.8 Å². The van der Waals surface area contributed by atoms with Crippen molar-refractivity contribution in [3.05, 3.63) is 0 Å². The third-order valence-corrected chi connectivity index (χ3v) is 46.4. The monoisotopic (exact) mass is 2090 g/mol. The van der Waals surface area contributed by atoms with E-state index >= 15 is 0 Å². The molecule has 2 aliphatic rings. The maximum atomic E-state index is 12.2. The molecule has 0 aromatic heterocycles. The molecule has 2 saturated heterocycles.